The van der Waals surface area contributed by atoms with Crippen LogP contribution in [0, 0.1) is 6.92 Å². The summed E-state index contributed by atoms with van der Waals surface area (Å²) in [5.74, 6) is -0.891. The predicted molar refractivity (Wildman–Crippen MR) is 68.4 cm³/mol. The molecule has 1 aliphatic heterocycles. The van der Waals surface area contributed by atoms with Gasteiger partial charge in [0.25, 0.3) is 0 Å². The molecule has 0 saturated carbocycles. The maximum absolute atomic E-state index is 12.1. The SMILES string of the molecule is Cc1c(O)cc(C(=O)C(O)C2CCC(C)O2)cc1O. The van der Waals surface area contributed by atoms with Gasteiger partial charge in [-0.25, -0.2) is 0 Å². The summed E-state index contributed by atoms with van der Waals surface area (Å²) in [5, 5.41) is 29.2. The van der Waals surface area contributed by atoms with Crippen LogP contribution in [0.25, 0.3) is 0 Å². The second kappa shape index (κ2) is 5.19. The summed E-state index contributed by atoms with van der Waals surface area (Å²) in [6.07, 6.45) is -0.330. The standard InChI is InChI=1S/C14H18O5/c1-7-3-4-12(19-7)14(18)13(17)9-5-10(15)8(2)11(16)6-9/h5-7,12,14-16,18H,3-4H2,1-2H3. The monoisotopic (exact) mass is 266 g/mol. The molecule has 19 heavy (non-hydrogen) atoms. The zero-order valence-electron chi connectivity index (χ0n) is 11.0. The summed E-state index contributed by atoms with van der Waals surface area (Å²) in [5.41, 5.74) is 0.382. The number of carbonyl (C=O) groups excluding carboxylic acids is 1. The van der Waals surface area contributed by atoms with Gasteiger partial charge in [0.15, 0.2) is 5.78 Å². The molecule has 1 aromatic rings. The van der Waals surface area contributed by atoms with Crippen LogP contribution in [0.1, 0.15) is 35.7 Å². The van der Waals surface area contributed by atoms with E-state index in [-0.39, 0.29) is 23.2 Å². The van der Waals surface area contributed by atoms with Crippen molar-refractivity contribution in [2.24, 2.45) is 0 Å². The Balaban J connectivity index is 2.19. The van der Waals surface area contributed by atoms with E-state index < -0.39 is 18.0 Å². The predicted octanol–water partition coefficient (Wildman–Crippen LogP) is 1.52. The van der Waals surface area contributed by atoms with Gasteiger partial charge in [-0.2, -0.15) is 0 Å². The third kappa shape index (κ3) is 2.72. The number of hydrogen-bond donors (Lipinski definition) is 3. The highest BCUT2D eigenvalue weighted by Gasteiger charge is 2.33. The summed E-state index contributed by atoms with van der Waals surface area (Å²) in [7, 11) is 0. The first-order valence-electron chi connectivity index (χ1n) is 6.30. The normalized spacial score (nSPS) is 24.4. The van der Waals surface area contributed by atoms with Crippen molar-refractivity contribution in [3.8, 4) is 11.5 Å². The van der Waals surface area contributed by atoms with Crippen molar-refractivity contribution < 1.29 is 24.9 Å². The molecule has 3 atom stereocenters. The number of phenolic OH excluding ortho intramolecular Hbond substituents is 2. The van der Waals surface area contributed by atoms with Crippen LogP contribution in [-0.2, 0) is 4.74 Å². The summed E-state index contributed by atoms with van der Waals surface area (Å²) in [4.78, 5) is 12.1. The Morgan fingerprint density at radius 3 is 2.37 bits per heavy atom. The van der Waals surface area contributed by atoms with Crippen molar-refractivity contribution in [3.63, 3.8) is 0 Å². The molecule has 1 fully saturated rings. The topological polar surface area (TPSA) is 87.0 Å². The zero-order valence-corrected chi connectivity index (χ0v) is 11.0. The summed E-state index contributed by atoms with van der Waals surface area (Å²) in [6.45, 7) is 3.43. The van der Waals surface area contributed by atoms with Gasteiger partial charge < -0.3 is 20.1 Å². The van der Waals surface area contributed by atoms with E-state index >= 15 is 0 Å². The Labute approximate surface area is 111 Å². The zero-order chi connectivity index (χ0) is 14.2. The Morgan fingerprint density at radius 1 is 1.32 bits per heavy atom. The summed E-state index contributed by atoms with van der Waals surface area (Å²) >= 11 is 0. The number of Topliss-reactive ketones (excluding diaryl/α,β-unsaturated/α-hetero) is 1. The molecule has 3 unspecified atom stereocenters. The van der Waals surface area contributed by atoms with Crippen molar-refractivity contribution in [3.05, 3.63) is 23.3 Å². The van der Waals surface area contributed by atoms with Crippen LogP contribution in [0.4, 0.5) is 0 Å². The molecule has 5 nitrogen and oxygen atoms in total. The maximum atomic E-state index is 12.1. The third-order valence-electron chi connectivity index (χ3n) is 3.52. The lowest BCUT2D eigenvalue weighted by Gasteiger charge is -2.17. The lowest BCUT2D eigenvalue weighted by molar-refractivity contribution is -0.0184. The highest BCUT2D eigenvalue weighted by Crippen LogP contribution is 2.29. The number of aliphatic hydroxyl groups excluding tert-OH is 1. The lowest BCUT2D eigenvalue weighted by atomic mass is 9.98. The van der Waals surface area contributed by atoms with E-state index in [0.717, 1.165) is 6.42 Å². The molecule has 5 heteroatoms. The quantitative estimate of drug-likeness (QED) is 0.722. The number of rotatable bonds is 3. The fourth-order valence-corrected chi connectivity index (χ4v) is 2.23. The molecule has 0 aromatic heterocycles. The van der Waals surface area contributed by atoms with Crippen molar-refractivity contribution in [1.29, 1.82) is 0 Å². The van der Waals surface area contributed by atoms with Crippen LogP contribution >= 0.6 is 0 Å². The molecule has 1 heterocycles. The van der Waals surface area contributed by atoms with Crippen LogP contribution in [0.15, 0.2) is 12.1 Å². The highest BCUT2D eigenvalue weighted by molar-refractivity contribution is 6.00. The van der Waals surface area contributed by atoms with E-state index in [9.17, 15) is 20.1 Å². The Hall–Kier alpha value is -1.59. The minimum Gasteiger partial charge on any atom is -0.508 e. The number of ether oxygens (including phenoxy) is 1. The maximum Gasteiger partial charge on any atom is 0.194 e. The van der Waals surface area contributed by atoms with Gasteiger partial charge in [0.1, 0.15) is 17.6 Å². The van der Waals surface area contributed by atoms with Crippen LogP contribution in [0.3, 0.4) is 0 Å². The minimum absolute atomic E-state index is 0.0345. The highest BCUT2D eigenvalue weighted by atomic mass is 16.5. The van der Waals surface area contributed by atoms with Gasteiger partial charge in [-0.15, -0.1) is 0 Å². The first kappa shape index (κ1) is 13.8. The van der Waals surface area contributed by atoms with Gasteiger partial charge in [0.2, 0.25) is 0 Å². The fourth-order valence-electron chi connectivity index (χ4n) is 2.23. The van der Waals surface area contributed by atoms with Crippen molar-refractivity contribution in [1.82, 2.24) is 0 Å². The Bertz CT molecular complexity index is 474. The summed E-state index contributed by atoms with van der Waals surface area (Å²) < 4.78 is 5.45. The molecule has 1 aliphatic rings. The third-order valence-corrected chi connectivity index (χ3v) is 3.52. The number of aromatic hydroxyl groups is 2. The van der Waals surface area contributed by atoms with E-state index in [0.29, 0.717) is 12.0 Å². The molecule has 0 spiro atoms. The largest absolute Gasteiger partial charge is 0.508 e. The van der Waals surface area contributed by atoms with E-state index in [1.807, 2.05) is 6.92 Å². The van der Waals surface area contributed by atoms with Gasteiger partial charge in [-0.1, -0.05) is 0 Å². The molecule has 0 amide bonds. The van der Waals surface area contributed by atoms with Gasteiger partial charge in [-0.3, -0.25) is 4.79 Å². The first-order chi connectivity index (χ1) is 8.90. The van der Waals surface area contributed by atoms with E-state index in [1.54, 1.807) is 0 Å². The molecule has 0 bridgehead atoms. The van der Waals surface area contributed by atoms with E-state index in [2.05, 4.69) is 0 Å². The minimum atomic E-state index is -1.27. The molecular weight excluding hydrogens is 248 g/mol. The lowest BCUT2D eigenvalue weighted by Crippen LogP contribution is -2.34. The number of aliphatic hydroxyl groups is 1. The second-order valence-corrected chi connectivity index (χ2v) is 5.01. The first-order valence-corrected chi connectivity index (χ1v) is 6.30. The van der Waals surface area contributed by atoms with Crippen molar-refractivity contribution >= 4 is 5.78 Å². The van der Waals surface area contributed by atoms with Gasteiger partial charge >= 0.3 is 0 Å². The summed E-state index contributed by atoms with van der Waals surface area (Å²) in [6, 6.07) is 2.50. The smallest absolute Gasteiger partial charge is 0.194 e. The Kier molecular flexibility index (Phi) is 3.78. The number of phenols is 2. The molecular formula is C14H18O5. The molecule has 104 valence electrons. The average molecular weight is 266 g/mol. The molecule has 3 N–H and O–H groups in total. The van der Waals surface area contributed by atoms with E-state index in [4.69, 9.17) is 4.74 Å². The molecule has 0 aliphatic carbocycles. The Morgan fingerprint density at radius 2 is 1.89 bits per heavy atom. The number of ketones is 1. The van der Waals surface area contributed by atoms with Crippen LogP contribution in [0.5, 0.6) is 11.5 Å². The number of hydrogen-bond acceptors (Lipinski definition) is 5. The fraction of sp³-hybridized carbons (Fsp3) is 0.500. The number of carbonyl (C=O) groups is 1. The van der Waals surface area contributed by atoms with E-state index in [1.165, 1.54) is 19.1 Å². The number of benzene rings is 1. The molecule has 1 saturated heterocycles. The van der Waals surface area contributed by atoms with Crippen LogP contribution in [0.2, 0.25) is 0 Å². The van der Waals surface area contributed by atoms with Gasteiger partial charge in [-0.05, 0) is 38.8 Å². The molecule has 1 aromatic carbocycles. The van der Waals surface area contributed by atoms with Gasteiger partial charge in [0.05, 0.1) is 12.2 Å². The second-order valence-electron chi connectivity index (χ2n) is 5.01. The van der Waals surface area contributed by atoms with Crippen molar-refractivity contribution in [2.75, 3.05) is 0 Å². The van der Waals surface area contributed by atoms with Crippen LogP contribution < -0.4 is 0 Å². The van der Waals surface area contributed by atoms with Crippen molar-refractivity contribution in [2.45, 2.75) is 45.0 Å². The molecule has 0 radical (unpaired) electrons. The molecule has 2 rings (SSSR count). The van der Waals surface area contributed by atoms with Crippen LogP contribution in [-0.4, -0.2) is 39.4 Å². The average Bonchev–Trinajstić information content (AvgIpc) is 2.80. The van der Waals surface area contributed by atoms with Gasteiger partial charge in [0, 0.05) is 11.1 Å².